The third-order valence-corrected chi connectivity index (χ3v) is 4.81. The molecule has 1 aromatic carbocycles. The fourth-order valence-electron chi connectivity index (χ4n) is 3.01. The van der Waals surface area contributed by atoms with Gasteiger partial charge in [-0.15, -0.1) is 0 Å². The van der Waals surface area contributed by atoms with Crippen molar-refractivity contribution in [3.63, 3.8) is 0 Å². The van der Waals surface area contributed by atoms with E-state index in [1.807, 2.05) is 26.0 Å². The van der Waals surface area contributed by atoms with Crippen LogP contribution in [0.15, 0.2) is 24.3 Å². The molecule has 8 nitrogen and oxygen atoms in total. The molecule has 32 heavy (non-hydrogen) atoms. The highest BCUT2D eigenvalue weighted by Gasteiger charge is 2.35. The molecular formula is C23H34N4O4S. The Kier molecular flexibility index (Phi) is 11.1. The Labute approximate surface area is 196 Å². The molecule has 3 amide bonds. The summed E-state index contributed by atoms with van der Waals surface area (Å²) in [5.74, 6) is -1.01. The van der Waals surface area contributed by atoms with Gasteiger partial charge in [0.1, 0.15) is 24.2 Å². The molecule has 1 rings (SSSR count). The first-order valence-electron chi connectivity index (χ1n) is 10.7. The SMILES string of the molecule is CCCCNC(=O)C(c1cccc(C)c1)N(CC#N)C(=O)C(CS)NC(=O)OC(C)(C)C. The van der Waals surface area contributed by atoms with Crippen LogP contribution in [0, 0.1) is 18.3 Å². The highest BCUT2D eigenvalue weighted by molar-refractivity contribution is 7.80. The number of nitriles is 1. The largest absolute Gasteiger partial charge is 0.444 e. The van der Waals surface area contributed by atoms with Crippen LogP contribution in [-0.4, -0.2) is 53.3 Å². The maximum Gasteiger partial charge on any atom is 0.408 e. The quantitative estimate of drug-likeness (QED) is 0.281. The molecule has 2 atom stereocenters. The van der Waals surface area contributed by atoms with E-state index in [-0.39, 0.29) is 18.2 Å². The molecule has 2 N–H and O–H groups in total. The van der Waals surface area contributed by atoms with E-state index in [0.29, 0.717) is 12.1 Å². The highest BCUT2D eigenvalue weighted by atomic mass is 32.1. The van der Waals surface area contributed by atoms with Crippen LogP contribution in [0.25, 0.3) is 0 Å². The smallest absolute Gasteiger partial charge is 0.408 e. The van der Waals surface area contributed by atoms with Gasteiger partial charge in [-0.2, -0.15) is 17.9 Å². The molecule has 1 aromatic rings. The molecule has 0 spiro atoms. The van der Waals surface area contributed by atoms with Crippen LogP contribution in [0.1, 0.15) is 57.7 Å². The third kappa shape index (κ3) is 8.79. The average molecular weight is 463 g/mol. The molecular weight excluding hydrogens is 428 g/mol. The molecule has 176 valence electrons. The van der Waals surface area contributed by atoms with Gasteiger partial charge in [-0.25, -0.2) is 4.79 Å². The van der Waals surface area contributed by atoms with E-state index < -0.39 is 29.7 Å². The lowest BCUT2D eigenvalue weighted by Gasteiger charge is -2.32. The summed E-state index contributed by atoms with van der Waals surface area (Å²) in [6.45, 7) is 9.14. The van der Waals surface area contributed by atoms with E-state index in [0.717, 1.165) is 18.4 Å². The number of thiol groups is 1. The van der Waals surface area contributed by atoms with Crippen LogP contribution in [0.3, 0.4) is 0 Å². The Hall–Kier alpha value is -2.73. The summed E-state index contributed by atoms with van der Waals surface area (Å²) < 4.78 is 5.23. The minimum absolute atomic E-state index is 0.0298. The molecule has 9 heteroatoms. The van der Waals surface area contributed by atoms with Crippen molar-refractivity contribution >= 4 is 30.5 Å². The standard InChI is InChI=1S/C23H34N4O4S/c1-6-7-12-25-20(28)19(17-10-8-9-16(2)14-17)27(13-11-24)21(29)18(15-32)26-22(30)31-23(3,4)5/h8-10,14,18-19,32H,6-7,12-13,15H2,1-5H3,(H,25,28)(H,26,30). The maximum atomic E-state index is 13.4. The van der Waals surface area contributed by atoms with E-state index in [1.54, 1.807) is 39.0 Å². The summed E-state index contributed by atoms with van der Waals surface area (Å²) in [4.78, 5) is 39.9. The second kappa shape index (κ2) is 13.0. The summed E-state index contributed by atoms with van der Waals surface area (Å²) in [5, 5.41) is 14.8. The summed E-state index contributed by atoms with van der Waals surface area (Å²) in [5.41, 5.74) is 0.748. The van der Waals surface area contributed by atoms with Crippen molar-refractivity contribution in [3.05, 3.63) is 35.4 Å². The molecule has 0 heterocycles. The van der Waals surface area contributed by atoms with Crippen LogP contribution < -0.4 is 10.6 Å². The molecule has 0 aliphatic heterocycles. The van der Waals surface area contributed by atoms with E-state index in [2.05, 4.69) is 23.3 Å². The van der Waals surface area contributed by atoms with Gasteiger partial charge in [-0.1, -0.05) is 43.2 Å². The fourth-order valence-corrected chi connectivity index (χ4v) is 3.25. The number of rotatable bonds is 10. The molecule has 0 aliphatic rings. The molecule has 2 unspecified atom stereocenters. The van der Waals surface area contributed by atoms with Gasteiger partial charge < -0.3 is 20.3 Å². The highest BCUT2D eigenvalue weighted by Crippen LogP contribution is 2.23. The van der Waals surface area contributed by atoms with E-state index >= 15 is 0 Å². The lowest BCUT2D eigenvalue weighted by atomic mass is 10.0. The molecule has 0 saturated carbocycles. The fraction of sp³-hybridized carbons (Fsp3) is 0.565. The first kappa shape index (κ1) is 27.3. The number of carbonyl (C=O) groups excluding carboxylic acids is 3. The van der Waals surface area contributed by atoms with Crippen molar-refractivity contribution in [1.29, 1.82) is 5.26 Å². The van der Waals surface area contributed by atoms with Crippen molar-refractivity contribution in [3.8, 4) is 6.07 Å². The normalized spacial score (nSPS) is 12.8. The number of alkyl carbamates (subject to hydrolysis) is 1. The lowest BCUT2D eigenvalue weighted by Crippen LogP contribution is -2.54. The minimum Gasteiger partial charge on any atom is -0.444 e. The van der Waals surface area contributed by atoms with Gasteiger partial charge in [0.15, 0.2) is 0 Å². The molecule has 0 radical (unpaired) electrons. The summed E-state index contributed by atoms with van der Waals surface area (Å²) in [6.07, 6.45) is 0.914. The van der Waals surface area contributed by atoms with Crippen LogP contribution >= 0.6 is 12.6 Å². The second-order valence-electron chi connectivity index (χ2n) is 8.47. The van der Waals surface area contributed by atoms with E-state index in [9.17, 15) is 19.6 Å². The second-order valence-corrected chi connectivity index (χ2v) is 8.83. The Morgan fingerprint density at radius 1 is 1.28 bits per heavy atom. The Morgan fingerprint density at radius 2 is 1.97 bits per heavy atom. The molecule has 0 saturated heterocycles. The zero-order valence-electron chi connectivity index (χ0n) is 19.5. The zero-order valence-corrected chi connectivity index (χ0v) is 20.4. The van der Waals surface area contributed by atoms with Crippen molar-refractivity contribution in [2.75, 3.05) is 18.8 Å². The van der Waals surface area contributed by atoms with E-state index in [1.165, 1.54) is 4.90 Å². The van der Waals surface area contributed by atoms with Crippen LogP contribution in [0.4, 0.5) is 4.79 Å². The first-order chi connectivity index (χ1) is 15.0. The summed E-state index contributed by atoms with van der Waals surface area (Å²) >= 11 is 4.20. The van der Waals surface area contributed by atoms with Gasteiger partial charge in [0.05, 0.1) is 6.07 Å². The Bertz CT molecular complexity index is 832. The molecule has 0 aromatic heterocycles. The number of hydrogen-bond acceptors (Lipinski definition) is 6. The number of unbranched alkanes of at least 4 members (excludes halogenated alkanes) is 1. The van der Waals surface area contributed by atoms with Crippen molar-refractivity contribution in [1.82, 2.24) is 15.5 Å². The number of benzene rings is 1. The third-order valence-electron chi connectivity index (χ3n) is 4.44. The van der Waals surface area contributed by atoms with Gasteiger partial charge >= 0.3 is 6.09 Å². The topological polar surface area (TPSA) is 112 Å². The van der Waals surface area contributed by atoms with Crippen molar-refractivity contribution in [2.24, 2.45) is 0 Å². The van der Waals surface area contributed by atoms with Crippen LogP contribution in [-0.2, 0) is 14.3 Å². The average Bonchev–Trinajstić information content (AvgIpc) is 2.70. The molecule has 0 bridgehead atoms. The number of amides is 3. The van der Waals surface area contributed by atoms with Gasteiger partial charge in [0, 0.05) is 12.3 Å². The van der Waals surface area contributed by atoms with E-state index in [4.69, 9.17) is 4.74 Å². The minimum atomic E-state index is -1.07. The number of carbonyl (C=O) groups is 3. The Balaban J connectivity index is 3.27. The van der Waals surface area contributed by atoms with Crippen molar-refractivity contribution in [2.45, 2.75) is 65.1 Å². The van der Waals surface area contributed by atoms with Gasteiger partial charge in [-0.3, -0.25) is 9.59 Å². The predicted octanol–water partition coefficient (Wildman–Crippen LogP) is 3.13. The zero-order chi connectivity index (χ0) is 24.3. The number of nitrogens with zero attached hydrogens (tertiary/aromatic N) is 2. The number of ether oxygens (including phenoxy) is 1. The maximum absolute atomic E-state index is 13.4. The van der Waals surface area contributed by atoms with Gasteiger partial charge in [-0.05, 0) is 39.7 Å². The number of nitrogens with one attached hydrogen (secondary N) is 2. The predicted molar refractivity (Wildman–Crippen MR) is 126 cm³/mol. The number of hydrogen-bond donors (Lipinski definition) is 3. The van der Waals surface area contributed by atoms with Gasteiger partial charge in [0.2, 0.25) is 11.8 Å². The molecule has 0 fully saturated rings. The van der Waals surface area contributed by atoms with Crippen LogP contribution in [0.2, 0.25) is 0 Å². The van der Waals surface area contributed by atoms with Crippen molar-refractivity contribution < 1.29 is 19.1 Å². The molecule has 0 aliphatic carbocycles. The van der Waals surface area contributed by atoms with Crippen LogP contribution in [0.5, 0.6) is 0 Å². The number of aryl methyl sites for hydroxylation is 1. The first-order valence-corrected chi connectivity index (χ1v) is 11.3. The summed E-state index contributed by atoms with van der Waals surface area (Å²) in [6, 6.07) is 7.08. The summed E-state index contributed by atoms with van der Waals surface area (Å²) in [7, 11) is 0. The Morgan fingerprint density at radius 3 is 2.50 bits per heavy atom. The lowest BCUT2D eigenvalue weighted by molar-refractivity contribution is -0.141. The monoisotopic (exact) mass is 462 g/mol. The van der Waals surface area contributed by atoms with Gasteiger partial charge in [0.25, 0.3) is 0 Å².